The van der Waals surface area contributed by atoms with Gasteiger partial charge < -0.3 is 105 Å². The van der Waals surface area contributed by atoms with Gasteiger partial charge in [-0.05, 0) is 26.7 Å². The van der Waals surface area contributed by atoms with Gasteiger partial charge >= 0.3 is 47.3 Å². The molecule has 2 aliphatic rings. The number of carbonyl (C=O) groups is 4. The molecular weight excluding hydrogens is 1330 g/mol. The summed E-state index contributed by atoms with van der Waals surface area (Å²) in [6.45, 7) is -2.35. The lowest BCUT2D eigenvalue weighted by atomic mass is 9.98. The molecule has 0 radical (unpaired) electrons. The molecule has 19 atom stereocenters. The van der Waals surface area contributed by atoms with E-state index in [4.69, 9.17) is 77.1 Å². The third kappa shape index (κ3) is 39.4. The van der Waals surface area contributed by atoms with Crippen molar-refractivity contribution in [3.05, 3.63) is 0 Å². The summed E-state index contributed by atoms with van der Waals surface area (Å²) in [7, 11) is -15.7. The minimum Gasteiger partial charge on any atom is -0.462 e. The van der Waals surface area contributed by atoms with Crippen molar-refractivity contribution in [1.82, 2.24) is 0 Å². The molecule has 37 heteroatoms. The first kappa shape index (κ1) is 88.7. The van der Waals surface area contributed by atoms with Gasteiger partial charge in [-0.1, -0.05) is 142 Å². The Bertz CT molecular complexity index is 2250. The molecule has 2 saturated heterocycles. The smallest absolute Gasteiger partial charge is 0.462 e. The van der Waals surface area contributed by atoms with Gasteiger partial charge in [0.15, 0.2) is 18.7 Å². The van der Waals surface area contributed by atoms with Crippen molar-refractivity contribution in [3.63, 3.8) is 0 Å². The number of phosphoric acid groups is 3. The summed E-state index contributed by atoms with van der Waals surface area (Å²) in [5.41, 5.74) is 11.1. The van der Waals surface area contributed by atoms with Crippen LogP contribution in [-0.2, 0) is 97.9 Å². The molecule has 0 saturated carbocycles. The van der Waals surface area contributed by atoms with E-state index >= 15 is 0 Å². The van der Waals surface area contributed by atoms with E-state index in [0.717, 1.165) is 57.8 Å². The molecular formula is C58H111N2O32P3. The van der Waals surface area contributed by atoms with Crippen LogP contribution in [0, 0.1) is 0 Å². The van der Waals surface area contributed by atoms with Crippen molar-refractivity contribution in [2.45, 2.75) is 280 Å². The van der Waals surface area contributed by atoms with Crippen LogP contribution < -0.4 is 11.5 Å². The maximum atomic E-state index is 13.2. The Morgan fingerprint density at radius 3 is 1.15 bits per heavy atom. The first-order valence-corrected chi connectivity index (χ1v) is 37.5. The van der Waals surface area contributed by atoms with E-state index in [-0.39, 0.29) is 12.8 Å². The maximum Gasteiger partial charge on any atom is 0.472 e. The Kier molecular flexibility index (Phi) is 46.0. The van der Waals surface area contributed by atoms with Gasteiger partial charge in [0.05, 0.1) is 59.5 Å². The second kappa shape index (κ2) is 49.3. The Morgan fingerprint density at radius 1 is 0.421 bits per heavy atom. The molecule has 2 fully saturated rings. The van der Waals surface area contributed by atoms with Crippen LogP contribution in [0.1, 0.15) is 182 Å². The second-order valence-electron chi connectivity index (χ2n) is 23.8. The molecule has 2 rings (SSSR count). The number of aliphatic hydroxyl groups is 8. The van der Waals surface area contributed by atoms with Crippen molar-refractivity contribution in [2.75, 3.05) is 66.1 Å². The fourth-order valence-electron chi connectivity index (χ4n) is 9.26. The van der Waals surface area contributed by atoms with E-state index in [1.807, 2.05) is 0 Å². The van der Waals surface area contributed by atoms with E-state index in [1.54, 1.807) is 0 Å². The van der Waals surface area contributed by atoms with Crippen LogP contribution >= 0.6 is 23.5 Å². The van der Waals surface area contributed by atoms with Gasteiger partial charge in [0.1, 0.15) is 85.8 Å². The second-order valence-corrected chi connectivity index (χ2v) is 28.1. The minimum absolute atomic E-state index is 0.0681. The van der Waals surface area contributed by atoms with Crippen molar-refractivity contribution >= 4 is 47.3 Å². The number of esters is 4. The van der Waals surface area contributed by atoms with E-state index in [9.17, 15) is 83.3 Å². The number of ether oxygens (including phenoxy) is 8. The summed E-state index contributed by atoms with van der Waals surface area (Å²) < 4.78 is 111. The van der Waals surface area contributed by atoms with E-state index < -0.39 is 211 Å². The topological polar surface area (TPSA) is 523 Å². The number of hydrogen-bond acceptors (Lipinski definition) is 31. The first-order valence-electron chi connectivity index (χ1n) is 33.0. The average Bonchev–Trinajstić information content (AvgIpc) is 0.820. The predicted octanol–water partition coefficient (Wildman–Crippen LogP) is 2.76. The maximum absolute atomic E-state index is 13.2. The van der Waals surface area contributed by atoms with Crippen molar-refractivity contribution in [1.29, 1.82) is 0 Å². The number of phosphoric ester groups is 3. The van der Waals surface area contributed by atoms with Crippen LogP contribution in [0.15, 0.2) is 0 Å². The van der Waals surface area contributed by atoms with E-state index in [1.165, 1.54) is 84.5 Å². The molecule has 3 unspecified atom stereocenters. The van der Waals surface area contributed by atoms with Crippen molar-refractivity contribution in [3.8, 4) is 0 Å². The summed E-state index contributed by atoms with van der Waals surface area (Å²) in [6, 6.07) is -2.64. The molecule has 15 N–H and O–H groups in total. The van der Waals surface area contributed by atoms with Crippen molar-refractivity contribution < 1.29 is 153 Å². The molecule has 0 bridgehead atoms. The van der Waals surface area contributed by atoms with Gasteiger partial charge in [-0.3, -0.25) is 46.3 Å². The van der Waals surface area contributed by atoms with Crippen LogP contribution in [0.5, 0.6) is 0 Å². The van der Waals surface area contributed by atoms with E-state index in [2.05, 4.69) is 18.4 Å². The highest BCUT2D eigenvalue weighted by molar-refractivity contribution is 7.48. The summed E-state index contributed by atoms with van der Waals surface area (Å²) in [4.78, 5) is 81.7. The number of carbonyl (C=O) groups excluding carboxylic acids is 4. The molecule has 0 aromatic heterocycles. The van der Waals surface area contributed by atoms with Crippen LogP contribution in [0.2, 0.25) is 0 Å². The lowest BCUT2D eigenvalue weighted by molar-refractivity contribution is -0.332. The van der Waals surface area contributed by atoms with Gasteiger partial charge in [-0.15, -0.1) is 0 Å². The highest BCUT2D eigenvalue weighted by Crippen LogP contribution is 2.47. The Hall–Kier alpha value is -2.35. The number of rotatable bonds is 56. The molecule has 0 amide bonds. The van der Waals surface area contributed by atoms with Gasteiger partial charge in [-0.2, -0.15) is 0 Å². The Labute approximate surface area is 556 Å². The van der Waals surface area contributed by atoms with Crippen LogP contribution in [0.25, 0.3) is 0 Å². The number of hydrogen-bond donors (Lipinski definition) is 13. The molecule has 0 spiro atoms. The van der Waals surface area contributed by atoms with Crippen LogP contribution in [-0.4, -0.2) is 243 Å². The molecule has 2 heterocycles. The standard InChI is InChI=1S/C58H111N2O32P3/c1-5-7-9-11-13-15-17-19-21-23-25-27-47(63)79-31-42(88-48(64)28-26-24-22-20-18-16-14-12-10-8-6-2)32-80-57-53(69)51(67)49(65)45(91-57)37-81-58-54(70)52(68)50(66)46(92-58)38-87-95(77,78)86-36-44(90-56(72)40(4)60)35-85-94(75,76)84-34-43(89-55(71)39(3)59)33-83-93(73,74)82-30-41(62)29-61/h39-46,49-54,57-58,61-62,65-70H,5-38,59-60H2,1-4H3,(H,73,74)(H,75,76)(H,77,78)/t39-,40-,41+,42-,43+,44+,45-,46-,49-,50-,51+,52+,53-,54-,57-,58-/m1/s1. The summed E-state index contributed by atoms with van der Waals surface area (Å²) in [5, 5.41) is 83.5. The third-order valence-corrected chi connectivity index (χ3v) is 17.8. The molecule has 560 valence electrons. The quantitative estimate of drug-likeness (QED) is 0.0180. The molecule has 0 aliphatic carbocycles. The van der Waals surface area contributed by atoms with Gasteiger partial charge in [0.25, 0.3) is 0 Å². The number of unbranched alkanes of at least 4 members (excludes halogenated alkanes) is 20. The summed E-state index contributed by atoms with van der Waals surface area (Å²) >= 11 is 0. The molecule has 0 aromatic carbocycles. The lowest BCUT2D eigenvalue weighted by Gasteiger charge is -2.43. The molecule has 2 aliphatic heterocycles. The normalized spacial score (nSPS) is 25.4. The predicted molar refractivity (Wildman–Crippen MR) is 334 cm³/mol. The highest BCUT2D eigenvalue weighted by Gasteiger charge is 2.49. The highest BCUT2D eigenvalue weighted by atomic mass is 31.2. The van der Waals surface area contributed by atoms with Gasteiger partial charge in [0, 0.05) is 12.8 Å². The Balaban J connectivity index is 2.08. The first-order chi connectivity index (χ1) is 44.9. The van der Waals surface area contributed by atoms with E-state index in [0.29, 0.717) is 12.8 Å². The fourth-order valence-corrected chi connectivity index (χ4v) is 11.6. The summed E-state index contributed by atoms with van der Waals surface area (Å²) in [6.07, 6.45) is -1.70. The minimum atomic E-state index is -5.37. The lowest BCUT2D eigenvalue weighted by Crippen LogP contribution is -2.62. The number of aliphatic hydroxyl groups excluding tert-OH is 8. The zero-order chi connectivity index (χ0) is 71.0. The molecule has 34 nitrogen and oxygen atoms in total. The largest absolute Gasteiger partial charge is 0.472 e. The van der Waals surface area contributed by atoms with Crippen molar-refractivity contribution in [2.24, 2.45) is 11.5 Å². The zero-order valence-electron chi connectivity index (χ0n) is 55.3. The Morgan fingerprint density at radius 2 is 0.758 bits per heavy atom. The SMILES string of the molecule is CCCCCCCCCCCCCC(=O)OC[C@H](CO[C@@H]1O[C@H](CO[C@@H]2O[C@H](COP(=O)(O)OC[C@H](COP(=O)(O)OC[C@H](COP(=O)(O)OC[C@@H](O)CO)OC(=O)[C@@H](C)N)OC(=O)[C@@H](C)N)[C@@H](O)[C@H](O)[C@H]2O)[C@@H](O)[C@H](O)[C@H]1O)OC(=O)CCCCCCCCCCCCC. The fraction of sp³-hybridized carbons (Fsp3) is 0.931. The molecule has 0 aromatic rings. The monoisotopic (exact) mass is 1440 g/mol. The van der Waals surface area contributed by atoms with Crippen LogP contribution in [0.4, 0.5) is 0 Å². The number of nitrogens with two attached hydrogens (primary N) is 2. The zero-order valence-corrected chi connectivity index (χ0v) is 58.0. The molecule has 95 heavy (non-hydrogen) atoms. The van der Waals surface area contributed by atoms with Gasteiger partial charge in [0.2, 0.25) is 0 Å². The van der Waals surface area contributed by atoms with Gasteiger partial charge in [-0.25, -0.2) is 13.7 Å². The third-order valence-electron chi connectivity index (χ3n) is 15.0. The average molecular weight is 1440 g/mol. The summed E-state index contributed by atoms with van der Waals surface area (Å²) in [5.74, 6) is -3.45. The van der Waals surface area contributed by atoms with Crippen LogP contribution in [0.3, 0.4) is 0 Å².